The van der Waals surface area contributed by atoms with Crippen LogP contribution in [0.1, 0.15) is 30.2 Å². The average Bonchev–Trinajstić information content (AvgIpc) is 1.88. The monoisotopic (exact) mass is 102 g/mol. The van der Waals surface area contributed by atoms with E-state index in [1.54, 1.807) is 0 Å². The standard InChI is InChI=1S/C6H13N/c1-6-4-2-3-5-7-6/h6-7H,2-5H2,1H3/i1D3. The maximum Gasteiger partial charge on any atom is 0.0246 e. The normalized spacial score (nSPS) is 41.1. The van der Waals surface area contributed by atoms with Crippen LogP contribution in [0.3, 0.4) is 0 Å². The minimum atomic E-state index is -1.79. The van der Waals surface area contributed by atoms with Crippen molar-refractivity contribution in [1.82, 2.24) is 5.32 Å². The molecule has 1 unspecified atom stereocenters. The highest BCUT2D eigenvalue weighted by Crippen LogP contribution is 2.04. The summed E-state index contributed by atoms with van der Waals surface area (Å²) in [4.78, 5) is 0. The van der Waals surface area contributed by atoms with Crippen LogP contribution in [-0.4, -0.2) is 12.6 Å². The first-order valence-electron chi connectivity index (χ1n) is 4.34. The van der Waals surface area contributed by atoms with E-state index in [9.17, 15) is 0 Å². The van der Waals surface area contributed by atoms with Gasteiger partial charge in [-0.3, -0.25) is 0 Å². The molecule has 0 aromatic carbocycles. The number of hydrogen-bond acceptors (Lipinski definition) is 1. The van der Waals surface area contributed by atoms with Crippen LogP contribution in [0.4, 0.5) is 0 Å². The van der Waals surface area contributed by atoms with E-state index < -0.39 is 6.85 Å². The van der Waals surface area contributed by atoms with Gasteiger partial charge in [0.05, 0.1) is 0 Å². The molecule has 0 aliphatic carbocycles. The largest absolute Gasteiger partial charge is 0.314 e. The number of nitrogens with one attached hydrogen (secondary N) is 1. The van der Waals surface area contributed by atoms with Crippen LogP contribution < -0.4 is 5.32 Å². The highest BCUT2D eigenvalue weighted by atomic mass is 14.9. The van der Waals surface area contributed by atoms with E-state index in [2.05, 4.69) is 5.32 Å². The van der Waals surface area contributed by atoms with Gasteiger partial charge < -0.3 is 5.32 Å². The van der Waals surface area contributed by atoms with Crippen LogP contribution in [0.2, 0.25) is 0 Å². The van der Waals surface area contributed by atoms with Gasteiger partial charge in [0.25, 0.3) is 0 Å². The fourth-order valence-corrected chi connectivity index (χ4v) is 0.852. The second kappa shape index (κ2) is 2.31. The highest BCUT2D eigenvalue weighted by Gasteiger charge is 2.04. The maximum atomic E-state index is 7.10. The molecule has 1 heteroatoms. The fourth-order valence-electron chi connectivity index (χ4n) is 0.852. The van der Waals surface area contributed by atoms with Crippen molar-refractivity contribution in [2.45, 2.75) is 32.2 Å². The van der Waals surface area contributed by atoms with E-state index in [0.717, 1.165) is 25.8 Å². The molecule has 7 heavy (non-hydrogen) atoms. The van der Waals surface area contributed by atoms with Gasteiger partial charge in [-0.2, -0.15) is 0 Å². The predicted octanol–water partition coefficient (Wildman–Crippen LogP) is 1.15. The zero-order chi connectivity index (χ0) is 7.61. The number of hydrogen-bond donors (Lipinski definition) is 1. The molecular formula is C6H13N. The van der Waals surface area contributed by atoms with E-state index in [0.29, 0.717) is 0 Å². The first kappa shape index (κ1) is 2.49. The van der Waals surface area contributed by atoms with Gasteiger partial charge in [-0.1, -0.05) is 6.42 Å². The molecule has 1 aliphatic heterocycles. The van der Waals surface area contributed by atoms with Crippen molar-refractivity contribution in [2.75, 3.05) is 6.54 Å². The van der Waals surface area contributed by atoms with Crippen LogP contribution in [0, 0.1) is 0 Å². The molecule has 0 aromatic heterocycles. The summed E-state index contributed by atoms with van der Waals surface area (Å²) in [5, 5.41) is 3.00. The molecule has 0 saturated carbocycles. The Morgan fingerprint density at radius 2 is 2.71 bits per heavy atom. The summed E-state index contributed by atoms with van der Waals surface area (Å²) >= 11 is 0. The lowest BCUT2D eigenvalue weighted by atomic mass is 10.1. The molecule has 0 radical (unpaired) electrons. The molecular weight excluding hydrogens is 86.1 g/mol. The predicted molar refractivity (Wildman–Crippen MR) is 31.3 cm³/mol. The zero-order valence-electron chi connectivity index (χ0n) is 7.41. The van der Waals surface area contributed by atoms with Crippen LogP contribution in [0.25, 0.3) is 0 Å². The van der Waals surface area contributed by atoms with Gasteiger partial charge in [-0.25, -0.2) is 0 Å². The van der Waals surface area contributed by atoms with Crippen LogP contribution in [0.5, 0.6) is 0 Å². The summed E-state index contributed by atoms with van der Waals surface area (Å²) in [6.07, 6.45) is 2.97. The Hall–Kier alpha value is -0.0400. The summed E-state index contributed by atoms with van der Waals surface area (Å²) in [7, 11) is 0. The van der Waals surface area contributed by atoms with Crippen molar-refractivity contribution in [2.24, 2.45) is 0 Å². The Labute approximate surface area is 49.3 Å². The minimum absolute atomic E-state index is 0.249. The maximum absolute atomic E-state index is 7.10. The van der Waals surface area contributed by atoms with Gasteiger partial charge in [-0.15, -0.1) is 0 Å². The molecule has 42 valence electrons. The quantitative estimate of drug-likeness (QED) is 0.484. The van der Waals surface area contributed by atoms with E-state index >= 15 is 0 Å². The Morgan fingerprint density at radius 3 is 3.14 bits per heavy atom. The Balaban J connectivity index is 2.39. The van der Waals surface area contributed by atoms with E-state index in [1.165, 1.54) is 0 Å². The van der Waals surface area contributed by atoms with Crippen LogP contribution in [0.15, 0.2) is 0 Å². The molecule has 1 atom stereocenters. The molecule has 0 amide bonds. The zero-order valence-corrected chi connectivity index (χ0v) is 4.41. The third kappa shape index (κ3) is 1.48. The first-order chi connectivity index (χ1) is 4.61. The van der Waals surface area contributed by atoms with Crippen molar-refractivity contribution >= 4 is 0 Å². The molecule has 0 bridgehead atoms. The third-order valence-electron chi connectivity index (χ3n) is 1.31. The summed E-state index contributed by atoms with van der Waals surface area (Å²) in [6, 6.07) is -0.249. The summed E-state index contributed by atoms with van der Waals surface area (Å²) in [5.41, 5.74) is 0. The Morgan fingerprint density at radius 1 is 1.71 bits per heavy atom. The lowest BCUT2D eigenvalue weighted by Crippen LogP contribution is -2.30. The topological polar surface area (TPSA) is 12.0 Å². The van der Waals surface area contributed by atoms with Crippen LogP contribution in [-0.2, 0) is 0 Å². The lowest BCUT2D eigenvalue weighted by Gasteiger charge is -2.18. The molecule has 1 N–H and O–H groups in total. The smallest absolute Gasteiger partial charge is 0.0246 e. The van der Waals surface area contributed by atoms with Gasteiger partial charge in [0.2, 0.25) is 0 Å². The minimum Gasteiger partial charge on any atom is -0.314 e. The summed E-state index contributed by atoms with van der Waals surface area (Å²) < 4.78 is 21.3. The summed E-state index contributed by atoms with van der Waals surface area (Å²) in [6.45, 7) is -0.927. The van der Waals surface area contributed by atoms with Crippen molar-refractivity contribution in [1.29, 1.82) is 0 Å². The van der Waals surface area contributed by atoms with Gasteiger partial charge in [0, 0.05) is 10.2 Å². The van der Waals surface area contributed by atoms with Crippen LogP contribution >= 0.6 is 0 Å². The SMILES string of the molecule is [2H]C([2H])([2H])C1CCCCN1. The molecule has 0 spiro atoms. The third-order valence-corrected chi connectivity index (χ3v) is 1.31. The molecule has 1 heterocycles. The molecule has 1 nitrogen and oxygen atoms in total. The van der Waals surface area contributed by atoms with Gasteiger partial charge in [0.15, 0.2) is 0 Å². The fraction of sp³-hybridized carbons (Fsp3) is 1.00. The number of rotatable bonds is 0. The first-order valence-corrected chi connectivity index (χ1v) is 2.84. The van der Waals surface area contributed by atoms with Crippen molar-refractivity contribution < 1.29 is 4.11 Å². The molecule has 0 aromatic rings. The highest BCUT2D eigenvalue weighted by molar-refractivity contribution is 4.65. The van der Waals surface area contributed by atoms with E-state index in [1.807, 2.05) is 0 Å². The van der Waals surface area contributed by atoms with Gasteiger partial charge in [0.1, 0.15) is 0 Å². The Bertz CT molecular complexity index is 104. The average molecular weight is 102 g/mol. The number of piperidine rings is 1. The second-order valence-electron chi connectivity index (χ2n) is 2.00. The molecule has 1 saturated heterocycles. The van der Waals surface area contributed by atoms with Crippen molar-refractivity contribution in [3.8, 4) is 0 Å². The van der Waals surface area contributed by atoms with E-state index in [4.69, 9.17) is 4.11 Å². The van der Waals surface area contributed by atoms with Crippen molar-refractivity contribution in [3.05, 3.63) is 0 Å². The molecule has 1 aliphatic rings. The molecule has 1 rings (SSSR count). The van der Waals surface area contributed by atoms with Gasteiger partial charge >= 0.3 is 0 Å². The Kier molecular flexibility index (Phi) is 0.824. The molecule has 1 fully saturated rings. The van der Waals surface area contributed by atoms with E-state index in [-0.39, 0.29) is 6.04 Å². The second-order valence-corrected chi connectivity index (χ2v) is 2.00. The van der Waals surface area contributed by atoms with Gasteiger partial charge in [-0.05, 0) is 26.2 Å². The summed E-state index contributed by atoms with van der Waals surface area (Å²) in [5.74, 6) is 0. The van der Waals surface area contributed by atoms with Crippen molar-refractivity contribution in [3.63, 3.8) is 0 Å². The lowest BCUT2D eigenvalue weighted by molar-refractivity contribution is 0.425.